The van der Waals surface area contributed by atoms with Gasteiger partial charge in [-0.2, -0.15) is 0 Å². The third-order valence-corrected chi connectivity index (χ3v) is 3.83. The summed E-state index contributed by atoms with van der Waals surface area (Å²) in [6, 6.07) is 0. The Labute approximate surface area is 113 Å². The predicted molar refractivity (Wildman–Crippen MR) is 68.7 cm³/mol. The van der Waals surface area contributed by atoms with E-state index < -0.39 is 11.8 Å². The number of carbonyl (C=O) groups is 2. The van der Waals surface area contributed by atoms with Crippen LogP contribution < -0.4 is 9.47 Å². The van der Waals surface area contributed by atoms with E-state index in [1.54, 1.807) is 13.8 Å². The summed E-state index contributed by atoms with van der Waals surface area (Å²) in [5, 5.41) is 8.84. The number of carboxylic acids is 1. The maximum atomic E-state index is 11.7. The highest BCUT2D eigenvalue weighted by Crippen LogP contribution is 2.42. The number of rotatable bonds is 4. The molecule has 0 aliphatic heterocycles. The lowest BCUT2D eigenvalue weighted by Gasteiger charge is -2.17. The van der Waals surface area contributed by atoms with Crippen LogP contribution in [0.25, 0.3) is 0 Å². The number of ether oxygens (including phenoxy) is 2. The van der Waals surface area contributed by atoms with Gasteiger partial charge in [0.15, 0.2) is 11.5 Å². The molecule has 0 bridgehead atoms. The molecule has 0 saturated carbocycles. The molecule has 0 atom stereocenters. The van der Waals surface area contributed by atoms with Crippen LogP contribution in [-0.4, -0.2) is 31.1 Å². The van der Waals surface area contributed by atoms with E-state index in [2.05, 4.69) is 15.9 Å². The van der Waals surface area contributed by atoms with Crippen LogP contribution in [0, 0.1) is 13.8 Å². The first-order valence-electron chi connectivity index (χ1n) is 5.05. The molecule has 1 aromatic carbocycles. The van der Waals surface area contributed by atoms with Crippen LogP contribution in [0.4, 0.5) is 0 Å². The van der Waals surface area contributed by atoms with E-state index >= 15 is 0 Å². The van der Waals surface area contributed by atoms with Crippen LogP contribution in [0.3, 0.4) is 0 Å². The van der Waals surface area contributed by atoms with Crippen molar-refractivity contribution in [3.8, 4) is 11.5 Å². The van der Waals surface area contributed by atoms with Crippen molar-refractivity contribution < 1.29 is 24.2 Å². The smallest absolute Gasteiger partial charge is 0.377 e. The van der Waals surface area contributed by atoms with Crippen molar-refractivity contribution in [1.82, 2.24) is 0 Å². The molecular weight excluding hydrogens is 304 g/mol. The quantitative estimate of drug-likeness (QED) is 0.682. The van der Waals surface area contributed by atoms with Crippen molar-refractivity contribution in [3.05, 3.63) is 21.2 Å². The number of halogens is 1. The second-order valence-corrected chi connectivity index (χ2v) is 4.43. The van der Waals surface area contributed by atoms with Gasteiger partial charge in [-0.3, -0.25) is 4.79 Å². The lowest BCUT2D eigenvalue weighted by Crippen LogP contribution is -2.16. The van der Waals surface area contributed by atoms with Crippen LogP contribution in [0.1, 0.15) is 21.5 Å². The monoisotopic (exact) mass is 316 g/mol. The minimum atomic E-state index is -1.53. The van der Waals surface area contributed by atoms with E-state index in [1.165, 1.54) is 14.2 Å². The summed E-state index contributed by atoms with van der Waals surface area (Å²) in [5.41, 5.74) is 1.26. The maximum Gasteiger partial charge on any atom is 0.377 e. The second-order valence-electron chi connectivity index (χ2n) is 3.64. The third-order valence-electron chi connectivity index (χ3n) is 2.64. The van der Waals surface area contributed by atoms with Gasteiger partial charge in [0.25, 0.3) is 5.78 Å². The van der Waals surface area contributed by atoms with Crippen molar-refractivity contribution >= 4 is 27.7 Å². The predicted octanol–water partition coefficient (Wildman–Crippen LogP) is 2.35. The number of aliphatic carboxylic acids is 1. The molecule has 1 aromatic rings. The summed E-state index contributed by atoms with van der Waals surface area (Å²) < 4.78 is 10.9. The molecule has 18 heavy (non-hydrogen) atoms. The summed E-state index contributed by atoms with van der Waals surface area (Å²) in [7, 11) is 2.80. The normalized spacial score (nSPS) is 10.1. The molecule has 0 aromatic heterocycles. The molecule has 1 N–H and O–H groups in total. The van der Waals surface area contributed by atoms with Crippen LogP contribution in [0.5, 0.6) is 11.5 Å². The zero-order valence-corrected chi connectivity index (χ0v) is 12.0. The Kier molecular flexibility index (Phi) is 4.34. The maximum absolute atomic E-state index is 11.7. The molecule has 6 heteroatoms. The van der Waals surface area contributed by atoms with Gasteiger partial charge in [-0.15, -0.1) is 0 Å². The molecule has 1 rings (SSSR count). The molecule has 0 fully saturated rings. The number of hydrogen-bond donors (Lipinski definition) is 1. The minimum Gasteiger partial charge on any atom is -0.493 e. The summed E-state index contributed by atoms with van der Waals surface area (Å²) in [6.07, 6.45) is 0. The molecule has 0 amide bonds. The molecule has 0 aliphatic rings. The fourth-order valence-corrected chi connectivity index (χ4v) is 2.14. The van der Waals surface area contributed by atoms with Crippen molar-refractivity contribution in [2.75, 3.05) is 14.2 Å². The largest absolute Gasteiger partial charge is 0.493 e. The van der Waals surface area contributed by atoms with Crippen LogP contribution in [0.2, 0.25) is 0 Å². The highest BCUT2D eigenvalue weighted by Gasteiger charge is 2.28. The Bertz CT molecular complexity index is 522. The molecule has 0 unspecified atom stereocenters. The first-order valence-corrected chi connectivity index (χ1v) is 5.84. The average Bonchev–Trinajstić information content (AvgIpc) is 2.34. The first kappa shape index (κ1) is 14.5. The van der Waals surface area contributed by atoms with Crippen molar-refractivity contribution in [3.63, 3.8) is 0 Å². The Morgan fingerprint density at radius 2 is 1.56 bits per heavy atom. The van der Waals surface area contributed by atoms with Crippen molar-refractivity contribution in [2.24, 2.45) is 0 Å². The molecule has 98 valence electrons. The molecular formula is C12H13BrO5. The standard InChI is InChI=1S/C12H13BrO5/c1-5-7(9(14)12(15)16)11(18-4)10(17-3)6(2)8(5)13/h1-4H3,(H,15,16). The van der Waals surface area contributed by atoms with Crippen LogP contribution in [0.15, 0.2) is 4.47 Å². The molecule has 5 nitrogen and oxygen atoms in total. The fraction of sp³-hybridized carbons (Fsp3) is 0.333. The van der Waals surface area contributed by atoms with Crippen molar-refractivity contribution in [1.29, 1.82) is 0 Å². The van der Waals surface area contributed by atoms with Gasteiger partial charge in [-0.25, -0.2) is 4.79 Å². The number of benzene rings is 1. The topological polar surface area (TPSA) is 72.8 Å². The number of Topliss-reactive ketones (excluding diaryl/α,β-unsaturated/α-hetero) is 1. The highest BCUT2D eigenvalue weighted by molar-refractivity contribution is 9.10. The first-order chi connectivity index (χ1) is 8.36. The second kappa shape index (κ2) is 5.39. The van der Waals surface area contributed by atoms with Gasteiger partial charge in [0.2, 0.25) is 0 Å². The van der Waals surface area contributed by atoms with Crippen molar-refractivity contribution in [2.45, 2.75) is 13.8 Å². The number of carboxylic acid groups (broad SMARTS) is 1. The molecule has 0 aliphatic carbocycles. The molecule has 0 spiro atoms. The Morgan fingerprint density at radius 3 is 1.94 bits per heavy atom. The summed E-state index contributed by atoms with van der Waals surface area (Å²) in [5.74, 6) is -2.07. The van der Waals surface area contributed by atoms with E-state index in [9.17, 15) is 9.59 Å². The fourth-order valence-electron chi connectivity index (χ4n) is 1.77. The van der Waals surface area contributed by atoms with Gasteiger partial charge >= 0.3 is 5.97 Å². The zero-order valence-electron chi connectivity index (χ0n) is 10.5. The van der Waals surface area contributed by atoms with E-state index in [1.807, 2.05) is 0 Å². The lowest BCUT2D eigenvalue weighted by molar-refractivity contribution is -0.131. The number of hydrogen-bond acceptors (Lipinski definition) is 4. The highest BCUT2D eigenvalue weighted by atomic mass is 79.9. The third kappa shape index (κ3) is 2.20. The number of methoxy groups -OCH3 is 2. The van der Waals surface area contributed by atoms with Gasteiger partial charge in [-0.05, 0) is 19.4 Å². The summed E-state index contributed by atoms with van der Waals surface area (Å²) in [6.45, 7) is 3.43. The number of ketones is 1. The van der Waals surface area contributed by atoms with E-state index in [0.717, 1.165) is 5.56 Å². The van der Waals surface area contributed by atoms with Gasteiger partial charge in [0.1, 0.15) is 0 Å². The van der Waals surface area contributed by atoms with Crippen LogP contribution in [-0.2, 0) is 4.79 Å². The summed E-state index contributed by atoms with van der Waals surface area (Å²) in [4.78, 5) is 22.6. The SMILES string of the molecule is COc1c(C)c(Br)c(C)c(C(=O)C(=O)O)c1OC. The van der Waals surface area contributed by atoms with Crippen LogP contribution >= 0.6 is 15.9 Å². The molecule has 0 radical (unpaired) electrons. The van der Waals surface area contributed by atoms with E-state index in [4.69, 9.17) is 14.6 Å². The average molecular weight is 317 g/mol. The van der Waals surface area contributed by atoms with Gasteiger partial charge in [-0.1, -0.05) is 15.9 Å². The van der Waals surface area contributed by atoms with Gasteiger partial charge < -0.3 is 14.6 Å². The lowest BCUT2D eigenvalue weighted by atomic mass is 9.99. The molecule has 0 saturated heterocycles. The zero-order chi connectivity index (χ0) is 14.0. The van der Waals surface area contributed by atoms with Gasteiger partial charge in [0.05, 0.1) is 19.8 Å². The number of carbonyl (C=O) groups excluding carboxylic acids is 1. The van der Waals surface area contributed by atoms with E-state index in [0.29, 0.717) is 15.8 Å². The minimum absolute atomic E-state index is 0.000625. The molecule has 0 heterocycles. The van der Waals surface area contributed by atoms with E-state index in [-0.39, 0.29) is 11.3 Å². The Balaban J connectivity index is 3.74. The summed E-state index contributed by atoms with van der Waals surface area (Å²) >= 11 is 3.32. The Hall–Kier alpha value is -1.56. The Morgan fingerprint density at radius 1 is 1.06 bits per heavy atom. The van der Waals surface area contributed by atoms with Gasteiger partial charge in [0, 0.05) is 10.0 Å².